The number of hydrogen-bond acceptors (Lipinski definition) is 6. The molecule has 2 aromatic heterocycles. The van der Waals surface area contributed by atoms with E-state index in [1.165, 1.54) is 12.4 Å². The van der Waals surface area contributed by atoms with E-state index < -0.39 is 0 Å². The van der Waals surface area contributed by atoms with Gasteiger partial charge in [0.2, 0.25) is 0 Å². The van der Waals surface area contributed by atoms with Crippen molar-refractivity contribution in [1.82, 2.24) is 19.9 Å². The van der Waals surface area contributed by atoms with E-state index in [4.69, 9.17) is 11.6 Å². The molecule has 8 heteroatoms. The van der Waals surface area contributed by atoms with Crippen LogP contribution < -0.4 is 4.90 Å². The fraction of sp³-hybridized carbons (Fsp3) is 0.333. The van der Waals surface area contributed by atoms with E-state index in [9.17, 15) is 4.79 Å². The zero-order chi connectivity index (χ0) is 13.9. The third-order valence-corrected chi connectivity index (χ3v) is 4.12. The van der Waals surface area contributed by atoms with Gasteiger partial charge < -0.3 is 9.80 Å². The second-order valence-corrected chi connectivity index (χ2v) is 5.58. The summed E-state index contributed by atoms with van der Waals surface area (Å²) in [6.07, 6.45) is 4.60. The maximum Gasteiger partial charge on any atom is 0.274 e. The summed E-state index contributed by atoms with van der Waals surface area (Å²) in [5.41, 5.74) is 0.331. The predicted octanol–water partition coefficient (Wildman–Crippen LogP) is 1.55. The quantitative estimate of drug-likeness (QED) is 0.842. The molecule has 6 nitrogen and oxygen atoms in total. The Bertz CT molecular complexity index is 580. The molecule has 0 N–H and O–H groups in total. The van der Waals surface area contributed by atoms with E-state index in [1.54, 1.807) is 22.4 Å². The number of nitrogens with zero attached hydrogens (tertiary/aromatic N) is 5. The molecule has 1 saturated heterocycles. The molecule has 0 aliphatic carbocycles. The molecule has 3 rings (SSSR count). The standard InChI is InChI=1S/C12H12ClN5OS/c13-10-8-15-9(7-16-10)11(19)17-2-4-18(5-3-17)12-14-1-6-20-12/h1,6-8H,2-5H2. The fourth-order valence-corrected chi connectivity index (χ4v) is 2.85. The Morgan fingerprint density at radius 1 is 1.15 bits per heavy atom. The zero-order valence-corrected chi connectivity index (χ0v) is 12.1. The lowest BCUT2D eigenvalue weighted by Gasteiger charge is -2.34. The van der Waals surface area contributed by atoms with Gasteiger partial charge in [0, 0.05) is 37.8 Å². The molecule has 0 aromatic carbocycles. The van der Waals surface area contributed by atoms with Crippen molar-refractivity contribution in [1.29, 1.82) is 0 Å². The Morgan fingerprint density at radius 3 is 2.55 bits per heavy atom. The summed E-state index contributed by atoms with van der Waals surface area (Å²) in [6, 6.07) is 0. The van der Waals surface area contributed by atoms with E-state index in [0.717, 1.165) is 18.2 Å². The van der Waals surface area contributed by atoms with Gasteiger partial charge in [0.15, 0.2) is 5.13 Å². The Kier molecular flexibility index (Phi) is 3.79. The van der Waals surface area contributed by atoms with Crippen molar-refractivity contribution in [3.05, 3.63) is 34.8 Å². The van der Waals surface area contributed by atoms with Gasteiger partial charge in [-0.25, -0.2) is 15.0 Å². The number of halogens is 1. The van der Waals surface area contributed by atoms with Crippen LogP contribution in [0.15, 0.2) is 24.0 Å². The zero-order valence-electron chi connectivity index (χ0n) is 10.6. The van der Waals surface area contributed by atoms with Gasteiger partial charge in [-0.05, 0) is 0 Å². The number of hydrogen-bond donors (Lipinski definition) is 0. The van der Waals surface area contributed by atoms with Crippen molar-refractivity contribution in [2.75, 3.05) is 31.1 Å². The van der Waals surface area contributed by atoms with Gasteiger partial charge in [0.1, 0.15) is 10.8 Å². The van der Waals surface area contributed by atoms with E-state index in [-0.39, 0.29) is 11.1 Å². The van der Waals surface area contributed by atoms with Gasteiger partial charge in [-0.2, -0.15) is 0 Å². The Balaban J connectivity index is 1.63. The molecular weight excluding hydrogens is 298 g/mol. The summed E-state index contributed by atoms with van der Waals surface area (Å²) in [4.78, 5) is 28.4. The van der Waals surface area contributed by atoms with Crippen LogP contribution in [-0.4, -0.2) is 51.9 Å². The van der Waals surface area contributed by atoms with Crippen molar-refractivity contribution >= 4 is 34.0 Å². The van der Waals surface area contributed by atoms with Crippen molar-refractivity contribution in [3.8, 4) is 0 Å². The molecule has 0 bridgehead atoms. The van der Waals surface area contributed by atoms with Crippen LogP contribution in [0.5, 0.6) is 0 Å². The molecule has 0 saturated carbocycles. The Hall–Kier alpha value is -1.73. The lowest BCUT2D eigenvalue weighted by atomic mass is 10.3. The van der Waals surface area contributed by atoms with E-state index >= 15 is 0 Å². The highest BCUT2D eigenvalue weighted by Crippen LogP contribution is 2.19. The minimum atomic E-state index is -0.104. The topological polar surface area (TPSA) is 62.2 Å². The SMILES string of the molecule is O=C(c1cnc(Cl)cn1)N1CCN(c2nccs2)CC1. The molecule has 0 atom stereocenters. The summed E-state index contributed by atoms with van der Waals surface area (Å²) >= 11 is 7.28. The molecule has 0 radical (unpaired) electrons. The summed E-state index contributed by atoms with van der Waals surface area (Å²) in [6.45, 7) is 2.87. The number of amides is 1. The number of piperazine rings is 1. The summed E-state index contributed by atoms with van der Waals surface area (Å²) in [7, 11) is 0. The molecule has 1 fully saturated rings. The van der Waals surface area contributed by atoms with Crippen LogP contribution >= 0.6 is 22.9 Å². The first-order valence-corrected chi connectivity index (χ1v) is 7.41. The van der Waals surface area contributed by atoms with Crippen molar-refractivity contribution in [2.24, 2.45) is 0 Å². The van der Waals surface area contributed by atoms with Gasteiger partial charge in [-0.1, -0.05) is 11.6 Å². The van der Waals surface area contributed by atoms with Crippen LogP contribution in [0.4, 0.5) is 5.13 Å². The highest BCUT2D eigenvalue weighted by Gasteiger charge is 2.24. The minimum Gasteiger partial charge on any atom is -0.345 e. The van der Waals surface area contributed by atoms with Crippen LogP contribution in [0, 0.1) is 0 Å². The van der Waals surface area contributed by atoms with Crippen molar-refractivity contribution < 1.29 is 4.79 Å². The molecule has 0 spiro atoms. The van der Waals surface area contributed by atoms with Crippen LogP contribution in [0.3, 0.4) is 0 Å². The average molecular weight is 310 g/mol. The molecule has 0 unspecified atom stereocenters. The summed E-state index contributed by atoms with van der Waals surface area (Å²) in [5.74, 6) is -0.104. The minimum absolute atomic E-state index is 0.104. The molecule has 1 aliphatic heterocycles. The number of carbonyl (C=O) groups is 1. The molecular formula is C12H12ClN5OS. The van der Waals surface area contributed by atoms with Crippen LogP contribution in [0.1, 0.15) is 10.5 Å². The van der Waals surface area contributed by atoms with E-state index in [2.05, 4.69) is 19.9 Å². The molecule has 2 aromatic rings. The highest BCUT2D eigenvalue weighted by molar-refractivity contribution is 7.13. The molecule has 104 valence electrons. The first-order chi connectivity index (χ1) is 9.74. The second kappa shape index (κ2) is 5.72. The van der Waals surface area contributed by atoms with E-state index in [1.807, 2.05) is 5.38 Å². The summed E-state index contributed by atoms with van der Waals surface area (Å²) < 4.78 is 0. The van der Waals surface area contributed by atoms with Crippen LogP contribution in [0.25, 0.3) is 0 Å². The van der Waals surface area contributed by atoms with E-state index in [0.29, 0.717) is 18.8 Å². The lowest BCUT2D eigenvalue weighted by Crippen LogP contribution is -2.49. The van der Waals surface area contributed by atoms with Gasteiger partial charge in [-0.3, -0.25) is 4.79 Å². The van der Waals surface area contributed by atoms with Crippen molar-refractivity contribution in [2.45, 2.75) is 0 Å². The monoisotopic (exact) mass is 309 g/mol. The average Bonchev–Trinajstić information content (AvgIpc) is 3.02. The maximum atomic E-state index is 12.3. The number of carbonyl (C=O) groups excluding carboxylic acids is 1. The number of thiazole rings is 1. The number of aromatic nitrogens is 3. The number of rotatable bonds is 2. The van der Waals surface area contributed by atoms with Crippen LogP contribution in [-0.2, 0) is 0 Å². The third kappa shape index (κ3) is 2.73. The van der Waals surface area contributed by atoms with Crippen LogP contribution in [0.2, 0.25) is 5.15 Å². The Labute approximate surface area is 125 Å². The van der Waals surface area contributed by atoms with Gasteiger partial charge in [0.25, 0.3) is 5.91 Å². The fourth-order valence-electron chi connectivity index (χ4n) is 2.06. The lowest BCUT2D eigenvalue weighted by molar-refractivity contribution is 0.0740. The molecule has 1 amide bonds. The summed E-state index contributed by atoms with van der Waals surface area (Å²) in [5, 5.41) is 3.24. The first kappa shape index (κ1) is 13.3. The highest BCUT2D eigenvalue weighted by atomic mass is 35.5. The molecule has 20 heavy (non-hydrogen) atoms. The Morgan fingerprint density at radius 2 is 1.95 bits per heavy atom. The predicted molar refractivity (Wildman–Crippen MR) is 77.3 cm³/mol. The number of anilines is 1. The second-order valence-electron chi connectivity index (χ2n) is 4.32. The molecule has 3 heterocycles. The third-order valence-electron chi connectivity index (χ3n) is 3.10. The van der Waals surface area contributed by atoms with Crippen molar-refractivity contribution in [3.63, 3.8) is 0 Å². The first-order valence-electron chi connectivity index (χ1n) is 6.15. The largest absolute Gasteiger partial charge is 0.345 e. The van der Waals surface area contributed by atoms with Gasteiger partial charge in [-0.15, -0.1) is 11.3 Å². The molecule has 1 aliphatic rings. The maximum absolute atomic E-state index is 12.3. The van der Waals surface area contributed by atoms with Gasteiger partial charge in [0.05, 0.1) is 12.4 Å². The normalized spacial score (nSPS) is 15.4. The van der Waals surface area contributed by atoms with Gasteiger partial charge >= 0.3 is 0 Å². The smallest absolute Gasteiger partial charge is 0.274 e.